The largest absolute Gasteiger partial charge is 0.439 e. The van der Waals surface area contributed by atoms with Gasteiger partial charge in [0.15, 0.2) is 6.10 Å². The molecule has 27 heavy (non-hydrogen) atoms. The Bertz CT molecular complexity index is 945. The van der Waals surface area contributed by atoms with Gasteiger partial charge in [-0.3, -0.25) is 0 Å². The predicted molar refractivity (Wildman–Crippen MR) is 108 cm³/mol. The Morgan fingerprint density at radius 2 is 1.81 bits per heavy atom. The highest BCUT2D eigenvalue weighted by atomic mass is 16.6. The smallest absolute Gasteiger partial charge is 0.408 e. The third-order valence-corrected chi connectivity index (χ3v) is 4.16. The Labute approximate surface area is 160 Å². The number of carbonyl (C=O) groups excluding carboxylic acids is 1. The number of carbonyl (C=O) groups is 1. The van der Waals surface area contributed by atoms with E-state index >= 15 is 0 Å². The van der Waals surface area contributed by atoms with Crippen LogP contribution in [0.3, 0.4) is 0 Å². The zero-order chi connectivity index (χ0) is 19.1. The minimum absolute atomic E-state index is 0.293. The van der Waals surface area contributed by atoms with Crippen molar-refractivity contribution in [1.82, 2.24) is 5.32 Å². The van der Waals surface area contributed by atoms with Crippen LogP contribution in [0.5, 0.6) is 0 Å². The monoisotopic (exact) mass is 355 g/mol. The molecule has 1 fully saturated rings. The molecule has 2 aromatic carbocycles. The summed E-state index contributed by atoms with van der Waals surface area (Å²) in [6.45, 7) is 5.99. The molecule has 1 heterocycles. The Hall–Kier alpha value is -3.51. The summed E-state index contributed by atoms with van der Waals surface area (Å²) in [5.41, 5.74) is 3.51. The molecule has 1 aliphatic rings. The number of alkyl carbamates (subject to hydrolysis) is 1. The van der Waals surface area contributed by atoms with Gasteiger partial charge < -0.3 is 10.1 Å². The molecule has 0 saturated carbocycles. The van der Waals surface area contributed by atoms with Gasteiger partial charge in [0, 0.05) is 11.1 Å². The number of cyclic esters (lactones) is 1. The van der Waals surface area contributed by atoms with Crippen LogP contribution in [0.1, 0.15) is 29.7 Å². The van der Waals surface area contributed by atoms with E-state index in [1.54, 1.807) is 0 Å². The first-order valence-electron chi connectivity index (χ1n) is 8.79. The van der Waals surface area contributed by atoms with Crippen LogP contribution in [0.4, 0.5) is 4.79 Å². The molecule has 0 radical (unpaired) electrons. The summed E-state index contributed by atoms with van der Waals surface area (Å²) in [6, 6.07) is 17.4. The van der Waals surface area contributed by atoms with E-state index in [-0.39, 0.29) is 6.04 Å². The van der Waals surface area contributed by atoms with E-state index in [2.05, 4.69) is 23.7 Å². The van der Waals surface area contributed by atoms with Crippen molar-refractivity contribution >= 4 is 6.09 Å². The van der Waals surface area contributed by atoms with Crippen molar-refractivity contribution in [2.24, 2.45) is 0 Å². The number of allylic oxidation sites excluding steroid dienone is 3. The van der Waals surface area contributed by atoms with Gasteiger partial charge in [-0.1, -0.05) is 73.1 Å². The fraction of sp³-hybridized carbons (Fsp3) is 0.125. The maximum atomic E-state index is 11.8. The van der Waals surface area contributed by atoms with E-state index < -0.39 is 12.2 Å². The SMILES string of the molecule is C=C(C=CC=CC)C1OC(=O)NC1c1cccc(C#Cc2ccccc2)c1. The molecule has 0 bridgehead atoms. The molecule has 0 spiro atoms. The van der Waals surface area contributed by atoms with Crippen molar-refractivity contribution in [2.75, 3.05) is 0 Å². The molecule has 1 amide bonds. The Morgan fingerprint density at radius 3 is 2.59 bits per heavy atom. The lowest BCUT2D eigenvalue weighted by Gasteiger charge is -2.17. The van der Waals surface area contributed by atoms with E-state index in [0.717, 1.165) is 22.3 Å². The molecule has 2 atom stereocenters. The second-order valence-electron chi connectivity index (χ2n) is 6.15. The molecular weight excluding hydrogens is 334 g/mol. The topological polar surface area (TPSA) is 38.3 Å². The van der Waals surface area contributed by atoms with Crippen LogP contribution in [0.15, 0.2) is 91.1 Å². The molecule has 3 nitrogen and oxygen atoms in total. The normalized spacial score (nSPS) is 18.8. The molecule has 1 N–H and O–H groups in total. The van der Waals surface area contributed by atoms with Crippen LogP contribution in [0, 0.1) is 11.8 Å². The number of benzene rings is 2. The second-order valence-corrected chi connectivity index (χ2v) is 6.15. The Balaban J connectivity index is 1.83. The Kier molecular flexibility index (Phi) is 5.91. The van der Waals surface area contributed by atoms with Crippen molar-refractivity contribution < 1.29 is 9.53 Å². The molecular formula is C24H21NO2. The first-order chi connectivity index (χ1) is 13.2. The highest BCUT2D eigenvalue weighted by Crippen LogP contribution is 2.30. The van der Waals surface area contributed by atoms with Gasteiger partial charge in [0.2, 0.25) is 0 Å². The third-order valence-electron chi connectivity index (χ3n) is 4.16. The van der Waals surface area contributed by atoms with E-state index in [9.17, 15) is 4.79 Å². The van der Waals surface area contributed by atoms with Crippen LogP contribution < -0.4 is 5.32 Å². The molecule has 0 aromatic heterocycles. The summed E-state index contributed by atoms with van der Waals surface area (Å²) < 4.78 is 5.43. The number of hydrogen-bond donors (Lipinski definition) is 1. The van der Waals surface area contributed by atoms with Crippen LogP contribution in [-0.4, -0.2) is 12.2 Å². The quantitative estimate of drug-likeness (QED) is 0.624. The van der Waals surface area contributed by atoms with Gasteiger partial charge in [0.25, 0.3) is 0 Å². The van der Waals surface area contributed by atoms with Crippen LogP contribution >= 0.6 is 0 Å². The zero-order valence-corrected chi connectivity index (χ0v) is 15.2. The average molecular weight is 355 g/mol. The van der Waals surface area contributed by atoms with E-state index in [1.165, 1.54) is 0 Å². The van der Waals surface area contributed by atoms with Crippen LogP contribution in [-0.2, 0) is 4.74 Å². The fourth-order valence-electron chi connectivity index (χ4n) is 2.83. The van der Waals surface area contributed by atoms with E-state index in [0.29, 0.717) is 0 Å². The van der Waals surface area contributed by atoms with Crippen LogP contribution in [0.25, 0.3) is 0 Å². The lowest BCUT2D eigenvalue weighted by molar-refractivity contribution is 0.150. The predicted octanol–water partition coefficient (Wildman–Crippen LogP) is 4.92. The first-order valence-corrected chi connectivity index (χ1v) is 8.79. The third kappa shape index (κ3) is 4.77. The standard InChI is InChI=1S/C24H21NO2/c1-3-4-6-10-18(2)23-22(25-24(26)27-23)21-14-9-13-20(17-21)16-15-19-11-7-5-8-12-19/h3-14,17,22-23H,2H2,1H3,(H,25,26). The highest BCUT2D eigenvalue weighted by molar-refractivity contribution is 5.72. The summed E-state index contributed by atoms with van der Waals surface area (Å²) in [5.74, 6) is 6.32. The van der Waals surface area contributed by atoms with E-state index in [1.807, 2.05) is 85.8 Å². The van der Waals surface area contributed by atoms with Crippen molar-refractivity contribution in [3.63, 3.8) is 0 Å². The number of amides is 1. The number of hydrogen-bond acceptors (Lipinski definition) is 2. The summed E-state index contributed by atoms with van der Waals surface area (Å²) >= 11 is 0. The molecule has 1 saturated heterocycles. The molecule has 0 aliphatic carbocycles. The van der Waals surface area contributed by atoms with Gasteiger partial charge in [-0.25, -0.2) is 4.79 Å². The minimum atomic E-state index is -0.448. The summed E-state index contributed by atoms with van der Waals surface area (Å²) in [7, 11) is 0. The summed E-state index contributed by atoms with van der Waals surface area (Å²) in [5, 5.41) is 2.87. The molecule has 134 valence electrons. The molecule has 3 heteroatoms. The van der Waals surface area contributed by atoms with Crippen molar-refractivity contribution in [3.05, 3.63) is 108 Å². The van der Waals surface area contributed by atoms with Gasteiger partial charge in [-0.2, -0.15) is 0 Å². The van der Waals surface area contributed by atoms with Gasteiger partial charge in [-0.15, -0.1) is 0 Å². The van der Waals surface area contributed by atoms with Crippen molar-refractivity contribution in [2.45, 2.75) is 19.1 Å². The van der Waals surface area contributed by atoms with Gasteiger partial charge >= 0.3 is 6.09 Å². The van der Waals surface area contributed by atoms with Gasteiger partial charge in [0.05, 0.1) is 6.04 Å². The van der Waals surface area contributed by atoms with Crippen molar-refractivity contribution in [1.29, 1.82) is 0 Å². The Morgan fingerprint density at radius 1 is 1.07 bits per heavy atom. The lowest BCUT2D eigenvalue weighted by atomic mass is 9.95. The number of rotatable bonds is 4. The average Bonchev–Trinajstić information content (AvgIpc) is 3.09. The maximum Gasteiger partial charge on any atom is 0.408 e. The fourth-order valence-corrected chi connectivity index (χ4v) is 2.83. The van der Waals surface area contributed by atoms with Gasteiger partial charge in [0.1, 0.15) is 0 Å². The lowest BCUT2D eigenvalue weighted by Crippen LogP contribution is -2.23. The second kappa shape index (κ2) is 8.73. The van der Waals surface area contributed by atoms with Gasteiger partial charge in [-0.05, 0) is 42.3 Å². The number of nitrogens with one attached hydrogen (secondary N) is 1. The molecule has 2 aromatic rings. The summed E-state index contributed by atoms with van der Waals surface area (Å²) in [6.07, 6.45) is 6.69. The van der Waals surface area contributed by atoms with Crippen molar-refractivity contribution in [3.8, 4) is 11.8 Å². The van der Waals surface area contributed by atoms with Crippen LogP contribution in [0.2, 0.25) is 0 Å². The maximum absolute atomic E-state index is 11.8. The zero-order valence-electron chi connectivity index (χ0n) is 15.2. The first kappa shape index (κ1) is 18.3. The minimum Gasteiger partial charge on any atom is -0.439 e. The molecule has 2 unspecified atom stereocenters. The highest BCUT2D eigenvalue weighted by Gasteiger charge is 2.36. The molecule has 1 aliphatic heterocycles. The number of ether oxygens (including phenoxy) is 1. The summed E-state index contributed by atoms with van der Waals surface area (Å²) in [4.78, 5) is 11.8. The van der Waals surface area contributed by atoms with E-state index in [4.69, 9.17) is 4.74 Å². The molecule has 3 rings (SSSR count).